The van der Waals surface area contributed by atoms with Crippen LogP contribution in [0.1, 0.15) is 12.0 Å². The second-order valence-electron chi connectivity index (χ2n) is 2.84. The van der Waals surface area contributed by atoms with Crippen LogP contribution in [0.3, 0.4) is 0 Å². The second-order valence-corrected chi connectivity index (χ2v) is 4.49. The van der Waals surface area contributed by atoms with Gasteiger partial charge in [0.05, 0.1) is 8.95 Å². The van der Waals surface area contributed by atoms with Gasteiger partial charge in [0.2, 0.25) is 0 Å². The molecule has 0 atom stereocenters. The van der Waals surface area contributed by atoms with Crippen molar-refractivity contribution < 1.29 is 8.78 Å². The Hall–Kier alpha value is -0.0000000000000000555. The van der Waals surface area contributed by atoms with Crippen molar-refractivity contribution in [1.82, 2.24) is 0 Å². The topological polar surface area (TPSA) is 26.0 Å². The molecule has 0 aliphatic carbocycles. The van der Waals surface area contributed by atoms with E-state index in [1.165, 1.54) is 0 Å². The predicted octanol–water partition coefficient (Wildman–Crippen LogP) is 3.38. The summed E-state index contributed by atoms with van der Waals surface area (Å²) in [4.78, 5) is 0. The van der Waals surface area contributed by atoms with Gasteiger partial charge in [-0.05, 0) is 57.3 Å². The van der Waals surface area contributed by atoms with Crippen molar-refractivity contribution in [2.75, 3.05) is 6.54 Å². The molecule has 0 aliphatic heterocycles. The van der Waals surface area contributed by atoms with Gasteiger partial charge in [-0.3, -0.25) is 0 Å². The van der Waals surface area contributed by atoms with Gasteiger partial charge in [0, 0.05) is 5.56 Å². The largest absolute Gasteiger partial charge is 0.330 e. The van der Waals surface area contributed by atoms with E-state index in [0.717, 1.165) is 6.07 Å². The van der Waals surface area contributed by atoms with Crippen LogP contribution in [-0.2, 0) is 6.42 Å². The summed E-state index contributed by atoms with van der Waals surface area (Å²) in [5, 5.41) is 0. The maximum absolute atomic E-state index is 13.3. The molecule has 14 heavy (non-hydrogen) atoms. The summed E-state index contributed by atoms with van der Waals surface area (Å²) in [5.74, 6) is -0.892. The number of hydrogen-bond acceptors (Lipinski definition) is 1. The summed E-state index contributed by atoms with van der Waals surface area (Å²) in [6.07, 6.45) is 1.07. The van der Waals surface area contributed by atoms with Crippen molar-refractivity contribution in [3.05, 3.63) is 32.2 Å². The van der Waals surface area contributed by atoms with Gasteiger partial charge in [-0.15, -0.1) is 0 Å². The molecular weight excluding hydrogens is 320 g/mol. The zero-order chi connectivity index (χ0) is 10.7. The Morgan fingerprint density at radius 3 is 2.50 bits per heavy atom. The van der Waals surface area contributed by atoms with Gasteiger partial charge in [-0.1, -0.05) is 0 Å². The first-order valence-corrected chi connectivity index (χ1v) is 5.68. The molecule has 78 valence electrons. The average Bonchev–Trinajstić information content (AvgIpc) is 2.14. The van der Waals surface area contributed by atoms with Gasteiger partial charge in [0.15, 0.2) is 5.82 Å². The fourth-order valence-corrected chi connectivity index (χ4v) is 2.38. The van der Waals surface area contributed by atoms with Crippen LogP contribution in [0.2, 0.25) is 0 Å². The molecule has 2 N–H and O–H groups in total. The van der Waals surface area contributed by atoms with Crippen LogP contribution in [0.5, 0.6) is 0 Å². The number of rotatable bonds is 3. The highest BCUT2D eigenvalue weighted by Gasteiger charge is 2.14. The minimum atomic E-state index is -0.474. The van der Waals surface area contributed by atoms with Gasteiger partial charge in [-0.2, -0.15) is 0 Å². The van der Waals surface area contributed by atoms with E-state index in [1.54, 1.807) is 0 Å². The Balaban J connectivity index is 3.09. The number of benzene rings is 1. The van der Waals surface area contributed by atoms with E-state index in [2.05, 4.69) is 31.9 Å². The van der Waals surface area contributed by atoms with Crippen LogP contribution in [-0.4, -0.2) is 6.54 Å². The lowest BCUT2D eigenvalue weighted by molar-refractivity contribution is 0.570. The molecule has 0 saturated heterocycles. The maximum Gasteiger partial charge on any atom is 0.152 e. The minimum Gasteiger partial charge on any atom is -0.330 e. The Morgan fingerprint density at radius 1 is 1.29 bits per heavy atom. The van der Waals surface area contributed by atoms with E-state index < -0.39 is 11.6 Å². The van der Waals surface area contributed by atoms with Gasteiger partial charge < -0.3 is 5.73 Å². The Bertz CT molecular complexity index is 342. The highest BCUT2D eigenvalue weighted by atomic mass is 79.9. The fraction of sp³-hybridized carbons (Fsp3) is 0.333. The summed E-state index contributed by atoms with van der Waals surface area (Å²) >= 11 is 5.96. The second kappa shape index (κ2) is 5.19. The van der Waals surface area contributed by atoms with Gasteiger partial charge >= 0.3 is 0 Å². The van der Waals surface area contributed by atoms with Crippen LogP contribution >= 0.6 is 31.9 Å². The molecule has 0 saturated carbocycles. The lowest BCUT2D eigenvalue weighted by atomic mass is 10.1. The lowest BCUT2D eigenvalue weighted by Crippen LogP contribution is -2.03. The van der Waals surface area contributed by atoms with Crippen molar-refractivity contribution in [2.45, 2.75) is 12.8 Å². The summed E-state index contributed by atoms with van der Waals surface area (Å²) < 4.78 is 27.0. The molecule has 0 heterocycles. The molecule has 1 rings (SSSR count). The lowest BCUT2D eigenvalue weighted by Gasteiger charge is -2.07. The Labute approximate surface area is 97.9 Å². The van der Waals surface area contributed by atoms with E-state index >= 15 is 0 Å². The van der Waals surface area contributed by atoms with Gasteiger partial charge in [-0.25, -0.2) is 8.78 Å². The van der Waals surface area contributed by atoms with E-state index in [-0.39, 0.29) is 8.95 Å². The van der Waals surface area contributed by atoms with E-state index in [1.807, 2.05) is 0 Å². The molecule has 0 fully saturated rings. The van der Waals surface area contributed by atoms with E-state index in [9.17, 15) is 8.78 Å². The first-order valence-electron chi connectivity index (χ1n) is 4.10. The van der Waals surface area contributed by atoms with Gasteiger partial charge in [0.1, 0.15) is 5.82 Å². The normalized spacial score (nSPS) is 10.6. The van der Waals surface area contributed by atoms with Crippen molar-refractivity contribution in [1.29, 1.82) is 0 Å². The van der Waals surface area contributed by atoms with Crippen LogP contribution in [0.15, 0.2) is 15.0 Å². The molecule has 1 aromatic carbocycles. The van der Waals surface area contributed by atoms with Gasteiger partial charge in [0.25, 0.3) is 0 Å². The third-order valence-corrected chi connectivity index (χ3v) is 3.24. The molecule has 0 aromatic heterocycles. The fourth-order valence-electron chi connectivity index (χ4n) is 1.11. The summed E-state index contributed by atoms with van der Waals surface area (Å²) in [7, 11) is 0. The zero-order valence-corrected chi connectivity index (χ0v) is 10.5. The minimum absolute atomic E-state index is 0.123. The van der Waals surface area contributed by atoms with Crippen LogP contribution in [0, 0.1) is 11.6 Å². The van der Waals surface area contributed by atoms with Crippen LogP contribution in [0.25, 0.3) is 0 Å². The first-order chi connectivity index (χ1) is 6.57. The summed E-state index contributed by atoms with van der Waals surface area (Å²) in [6, 6.07) is 1.13. The summed E-state index contributed by atoms with van der Waals surface area (Å²) in [6.45, 7) is 0.462. The molecular formula is C9H9Br2F2N. The van der Waals surface area contributed by atoms with Crippen LogP contribution in [0.4, 0.5) is 8.78 Å². The highest BCUT2D eigenvalue weighted by molar-refractivity contribution is 9.11. The zero-order valence-electron chi connectivity index (χ0n) is 7.29. The average molecular weight is 329 g/mol. The third kappa shape index (κ3) is 2.52. The molecule has 5 heteroatoms. The number of hydrogen-bond donors (Lipinski definition) is 1. The number of nitrogens with two attached hydrogens (primary N) is 1. The first kappa shape index (κ1) is 12.1. The Morgan fingerprint density at radius 2 is 1.93 bits per heavy atom. The monoisotopic (exact) mass is 327 g/mol. The Kier molecular flexibility index (Phi) is 4.47. The van der Waals surface area contributed by atoms with Crippen LogP contribution < -0.4 is 5.73 Å². The van der Waals surface area contributed by atoms with E-state index in [0.29, 0.717) is 24.9 Å². The quantitative estimate of drug-likeness (QED) is 0.668. The van der Waals surface area contributed by atoms with Crippen molar-refractivity contribution in [2.24, 2.45) is 5.73 Å². The van der Waals surface area contributed by atoms with E-state index in [4.69, 9.17) is 5.73 Å². The smallest absolute Gasteiger partial charge is 0.152 e. The molecule has 0 radical (unpaired) electrons. The molecule has 1 aromatic rings. The standard InChI is InChI=1S/C9H9Br2F2N/c10-6-4-7(12)5(2-1-3-14)8(11)9(6)13/h4H,1-3,14H2. The highest BCUT2D eigenvalue weighted by Crippen LogP contribution is 2.30. The molecule has 0 unspecified atom stereocenters. The number of halogens is 4. The molecule has 1 nitrogen and oxygen atoms in total. The van der Waals surface area contributed by atoms with Crippen molar-refractivity contribution in [3.63, 3.8) is 0 Å². The SMILES string of the molecule is NCCCc1c(F)cc(Br)c(F)c1Br. The maximum atomic E-state index is 13.3. The molecule has 0 bridgehead atoms. The van der Waals surface area contributed by atoms with Crippen molar-refractivity contribution >= 4 is 31.9 Å². The van der Waals surface area contributed by atoms with Crippen molar-refractivity contribution in [3.8, 4) is 0 Å². The predicted molar refractivity (Wildman–Crippen MR) is 59.1 cm³/mol. The molecule has 0 spiro atoms. The molecule has 0 aliphatic rings. The molecule has 0 amide bonds. The third-order valence-electron chi connectivity index (χ3n) is 1.84. The summed E-state index contributed by atoms with van der Waals surface area (Å²) in [5.41, 5.74) is 5.65.